The van der Waals surface area contributed by atoms with Crippen LogP contribution in [0.4, 0.5) is 0 Å². The standard InChI is InChI=1S/C11H14N2O2/c1-4-5-9(6-12)13-10(14)7(2)8(3)11(13)15/h9H,4-5H2,1-3H3. The Morgan fingerprint density at radius 2 is 1.73 bits per heavy atom. The second-order valence-electron chi connectivity index (χ2n) is 3.66. The van der Waals surface area contributed by atoms with E-state index in [9.17, 15) is 9.59 Å². The number of amides is 2. The molecule has 4 heteroatoms. The molecule has 0 saturated carbocycles. The van der Waals surface area contributed by atoms with Gasteiger partial charge in [0.15, 0.2) is 0 Å². The molecule has 1 atom stereocenters. The zero-order valence-electron chi connectivity index (χ0n) is 9.20. The van der Waals surface area contributed by atoms with Gasteiger partial charge in [0, 0.05) is 11.1 Å². The van der Waals surface area contributed by atoms with E-state index in [0.717, 1.165) is 11.3 Å². The van der Waals surface area contributed by atoms with Crippen LogP contribution in [0.5, 0.6) is 0 Å². The first-order valence-electron chi connectivity index (χ1n) is 4.99. The van der Waals surface area contributed by atoms with Crippen LogP contribution < -0.4 is 0 Å². The van der Waals surface area contributed by atoms with Crippen LogP contribution in [-0.2, 0) is 9.59 Å². The van der Waals surface area contributed by atoms with Gasteiger partial charge >= 0.3 is 0 Å². The highest BCUT2D eigenvalue weighted by atomic mass is 16.2. The maximum absolute atomic E-state index is 11.7. The topological polar surface area (TPSA) is 61.2 Å². The van der Waals surface area contributed by atoms with E-state index in [4.69, 9.17) is 5.26 Å². The van der Waals surface area contributed by atoms with Crippen molar-refractivity contribution in [2.24, 2.45) is 0 Å². The first-order chi connectivity index (χ1) is 7.04. The molecule has 80 valence electrons. The van der Waals surface area contributed by atoms with E-state index in [1.54, 1.807) is 13.8 Å². The first kappa shape index (κ1) is 11.4. The average Bonchev–Trinajstić information content (AvgIpc) is 2.41. The monoisotopic (exact) mass is 206 g/mol. The zero-order valence-corrected chi connectivity index (χ0v) is 9.20. The Morgan fingerprint density at radius 3 is 2.07 bits per heavy atom. The van der Waals surface area contributed by atoms with Crippen molar-refractivity contribution in [3.05, 3.63) is 11.1 Å². The van der Waals surface area contributed by atoms with Gasteiger partial charge in [-0.15, -0.1) is 0 Å². The quantitative estimate of drug-likeness (QED) is 0.655. The molecular formula is C11H14N2O2. The second-order valence-corrected chi connectivity index (χ2v) is 3.66. The van der Waals surface area contributed by atoms with Crippen molar-refractivity contribution in [2.45, 2.75) is 39.7 Å². The highest BCUT2D eigenvalue weighted by Gasteiger charge is 2.37. The summed E-state index contributed by atoms with van der Waals surface area (Å²) in [6.45, 7) is 5.16. The van der Waals surface area contributed by atoms with Crippen molar-refractivity contribution in [1.82, 2.24) is 4.90 Å². The molecule has 4 nitrogen and oxygen atoms in total. The summed E-state index contributed by atoms with van der Waals surface area (Å²) in [5, 5.41) is 8.91. The maximum atomic E-state index is 11.7. The normalized spacial score (nSPS) is 18.4. The lowest BCUT2D eigenvalue weighted by Gasteiger charge is -2.20. The van der Waals surface area contributed by atoms with Gasteiger partial charge in [-0.25, -0.2) is 0 Å². The minimum Gasteiger partial charge on any atom is -0.269 e. The fourth-order valence-electron chi connectivity index (χ4n) is 1.58. The van der Waals surface area contributed by atoms with E-state index in [-0.39, 0.29) is 11.8 Å². The third kappa shape index (κ3) is 1.78. The largest absolute Gasteiger partial charge is 0.269 e. The lowest BCUT2D eigenvalue weighted by molar-refractivity contribution is -0.139. The molecule has 2 amide bonds. The van der Waals surface area contributed by atoms with Gasteiger partial charge in [-0.05, 0) is 20.3 Å². The van der Waals surface area contributed by atoms with E-state index in [1.165, 1.54) is 0 Å². The minimum absolute atomic E-state index is 0.322. The molecule has 1 heterocycles. The molecule has 0 aromatic carbocycles. The first-order valence-corrected chi connectivity index (χ1v) is 4.99. The summed E-state index contributed by atoms with van der Waals surface area (Å²) in [6, 6.07) is 1.38. The molecule has 0 bridgehead atoms. The van der Waals surface area contributed by atoms with Crippen LogP contribution >= 0.6 is 0 Å². The Kier molecular flexibility index (Phi) is 3.25. The maximum Gasteiger partial charge on any atom is 0.257 e. The summed E-state index contributed by atoms with van der Waals surface area (Å²) in [5.41, 5.74) is 0.910. The summed E-state index contributed by atoms with van der Waals surface area (Å²) in [6.07, 6.45) is 1.31. The molecule has 1 rings (SSSR count). The molecule has 0 aliphatic carbocycles. The zero-order chi connectivity index (χ0) is 11.6. The molecule has 1 aliphatic heterocycles. The van der Waals surface area contributed by atoms with E-state index < -0.39 is 6.04 Å². The van der Waals surface area contributed by atoms with Crippen molar-refractivity contribution in [1.29, 1.82) is 5.26 Å². The molecule has 0 saturated heterocycles. The van der Waals surface area contributed by atoms with E-state index >= 15 is 0 Å². The summed E-state index contributed by atoms with van der Waals surface area (Å²) >= 11 is 0. The molecule has 0 fully saturated rings. The molecule has 0 N–H and O–H groups in total. The highest BCUT2D eigenvalue weighted by Crippen LogP contribution is 2.23. The fraction of sp³-hybridized carbons (Fsp3) is 0.545. The number of imide groups is 1. The summed E-state index contributed by atoms with van der Waals surface area (Å²) in [4.78, 5) is 24.5. The lowest BCUT2D eigenvalue weighted by atomic mass is 10.1. The van der Waals surface area contributed by atoms with Crippen molar-refractivity contribution in [2.75, 3.05) is 0 Å². The number of hydrogen-bond acceptors (Lipinski definition) is 3. The van der Waals surface area contributed by atoms with Gasteiger partial charge in [0.25, 0.3) is 11.8 Å². The predicted molar refractivity (Wildman–Crippen MR) is 54.5 cm³/mol. The molecule has 15 heavy (non-hydrogen) atoms. The van der Waals surface area contributed by atoms with E-state index in [0.29, 0.717) is 17.6 Å². The van der Waals surface area contributed by atoms with Crippen LogP contribution in [0.1, 0.15) is 33.6 Å². The number of nitriles is 1. The second kappa shape index (κ2) is 4.26. The summed E-state index contributed by atoms with van der Waals surface area (Å²) in [5.74, 6) is -0.644. The fourth-order valence-corrected chi connectivity index (χ4v) is 1.58. The van der Waals surface area contributed by atoms with Crippen molar-refractivity contribution in [3.8, 4) is 6.07 Å². The van der Waals surface area contributed by atoms with Gasteiger partial charge in [-0.1, -0.05) is 13.3 Å². The number of nitrogens with zero attached hydrogens (tertiary/aromatic N) is 2. The average molecular weight is 206 g/mol. The van der Waals surface area contributed by atoms with Crippen LogP contribution in [-0.4, -0.2) is 22.8 Å². The SMILES string of the molecule is CCCC(C#N)N1C(=O)C(C)=C(C)C1=O. The van der Waals surface area contributed by atoms with E-state index in [2.05, 4.69) is 0 Å². The van der Waals surface area contributed by atoms with Crippen LogP contribution in [0.3, 0.4) is 0 Å². The van der Waals surface area contributed by atoms with Gasteiger partial charge in [0.1, 0.15) is 6.04 Å². The van der Waals surface area contributed by atoms with E-state index in [1.807, 2.05) is 13.0 Å². The van der Waals surface area contributed by atoms with Crippen LogP contribution in [0, 0.1) is 11.3 Å². The van der Waals surface area contributed by atoms with Gasteiger partial charge in [-0.2, -0.15) is 5.26 Å². The Hall–Kier alpha value is -1.63. The van der Waals surface area contributed by atoms with Gasteiger partial charge in [0.05, 0.1) is 6.07 Å². The van der Waals surface area contributed by atoms with Gasteiger partial charge in [0.2, 0.25) is 0 Å². The Labute approximate surface area is 89.2 Å². The van der Waals surface area contributed by atoms with Crippen LogP contribution in [0.25, 0.3) is 0 Å². The van der Waals surface area contributed by atoms with Crippen LogP contribution in [0.15, 0.2) is 11.1 Å². The smallest absolute Gasteiger partial charge is 0.257 e. The predicted octanol–water partition coefficient (Wildman–Crippen LogP) is 1.38. The lowest BCUT2D eigenvalue weighted by Crippen LogP contribution is -2.40. The summed E-state index contributed by atoms with van der Waals surface area (Å²) < 4.78 is 0. The molecule has 0 radical (unpaired) electrons. The highest BCUT2D eigenvalue weighted by molar-refractivity contribution is 6.19. The third-order valence-corrected chi connectivity index (χ3v) is 2.66. The number of hydrogen-bond donors (Lipinski definition) is 0. The van der Waals surface area contributed by atoms with Crippen LogP contribution in [0.2, 0.25) is 0 Å². The number of carbonyl (C=O) groups is 2. The van der Waals surface area contributed by atoms with Gasteiger partial charge < -0.3 is 0 Å². The molecular weight excluding hydrogens is 192 g/mol. The number of rotatable bonds is 3. The number of carbonyl (C=O) groups excluding carboxylic acids is 2. The Balaban J connectivity index is 2.97. The molecule has 0 aromatic rings. The molecule has 0 spiro atoms. The molecule has 1 unspecified atom stereocenters. The molecule has 0 aromatic heterocycles. The molecule has 1 aliphatic rings. The van der Waals surface area contributed by atoms with Crippen molar-refractivity contribution >= 4 is 11.8 Å². The minimum atomic E-state index is -0.623. The van der Waals surface area contributed by atoms with Crippen molar-refractivity contribution < 1.29 is 9.59 Å². The van der Waals surface area contributed by atoms with Crippen molar-refractivity contribution in [3.63, 3.8) is 0 Å². The van der Waals surface area contributed by atoms with Gasteiger partial charge in [-0.3, -0.25) is 14.5 Å². The Bertz CT molecular complexity index is 353. The third-order valence-electron chi connectivity index (χ3n) is 2.66. The summed E-state index contributed by atoms with van der Waals surface area (Å²) in [7, 11) is 0. The Morgan fingerprint density at radius 1 is 1.27 bits per heavy atom.